The molecule has 0 aliphatic carbocycles. The quantitative estimate of drug-likeness (QED) is 0.671. The molecule has 0 saturated carbocycles. The van der Waals surface area contributed by atoms with E-state index in [9.17, 15) is 32.7 Å². The normalized spacial score (nSPS) is 15.3. The third kappa shape index (κ3) is 3.27. The lowest BCUT2D eigenvalue weighted by Crippen LogP contribution is -2.45. The Morgan fingerprint density at radius 2 is 1.71 bits per heavy atom. The molecule has 0 unspecified atom stereocenters. The van der Waals surface area contributed by atoms with Crippen molar-refractivity contribution in [2.45, 2.75) is 12.5 Å². The lowest BCUT2D eigenvalue weighted by atomic mass is 10.1. The molecule has 24 heavy (non-hydrogen) atoms. The fourth-order valence-corrected chi connectivity index (χ4v) is 3.02. The molecular weight excluding hydrogens is 342 g/mol. The van der Waals surface area contributed by atoms with Crippen LogP contribution < -0.4 is 0 Å². The van der Waals surface area contributed by atoms with Gasteiger partial charge in [0.15, 0.2) is 0 Å². The summed E-state index contributed by atoms with van der Waals surface area (Å²) in [5, 5.41) is 18.2. The first-order valence-corrected chi connectivity index (χ1v) is 8.74. The number of amides is 2. The van der Waals surface area contributed by atoms with E-state index in [1.54, 1.807) is 0 Å². The van der Waals surface area contributed by atoms with Crippen molar-refractivity contribution < 1.29 is 37.8 Å². The van der Waals surface area contributed by atoms with Crippen molar-refractivity contribution in [1.82, 2.24) is 4.90 Å². The number of rotatable bonds is 6. The Balaban J connectivity index is 2.40. The average molecular weight is 355 g/mol. The van der Waals surface area contributed by atoms with Crippen LogP contribution in [0.1, 0.15) is 37.5 Å². The molecule has 2 N–H and O–H groups in total. The first-order valence-electron chi connectivity index (χ1n) is 6.68. The highest BCUT2D eigenvalue weighted by molar-refractivity contribution is 7.90. The molecule has 0 spiro atoms. The van der Waals surface area contributed by atoms with Crippen LogP contribution in [-0.2, 0) is 14.6 Å². The number of benzene rings is 1. The summed E-state index contributed by atoms with van der Waals surface area (Å²) < 4.78 is 22.5. The van der Waals surface area contributed by atoms with E-state index >= 15 is 0 Å². The number of carbonyl (C=O) groups is 4. The van der Waals surface area contributed by atoms with Crippen molar-refractivity contribution in [3.63, 3.8) is 0 Å². The maximum Gasteiger partial charge on any atom is 0.335 e. The molecule has 0 radical (unpaired) electrons. The zero-order valence-electron chi connectivity index (χ0n) is 12.4. The Bertz CT molecular complexity index is 858. The first-order chi connectivity index (χ1) is 11.0. The summed E-state index contributed by atoms with van der Waals surface area (Å²) in [6.07, 6.45) is 0.457. The average Bonchev–Trinajstić information content (AvgIpc) is 2.70. The Morgan fingerprint density at radius 3 is 2.21 bits per heavy atom. The summed E-state index contributed by atoms with van der Waals surface area (Å²) in [5.41, 5.74) is -0.555. The molecule has 0 bridgehead atoms. The Kier molecular flexibility index (Phi) is 4.43. The minimum absolute atomic E-state index is 0.115. The van der Waals surface area contributed by atoms with Crippen molar-refractivity contribution in [2.24, 2.45) is 0 Å². The predicted octanol–water partition coefficient (Wildman–Crippen LogP) is -0.131. The highest BCUT2D eigenvalue weighted by Crippen LogP contribution is 2.27. The number of aliphatic carboxylic acids is 1. The van der Waals surface area contributed by atoms with Crippen molar-refractivity contribution in [3.05, 3.63) is 34.9 Å². The maximum absolute atomic E-state index is 12.4. The van der Waals surface area contributed by atoms with Crippen LogP contribution in [-0.4, -0.2) is 65.3 Å². The topological polar surface area (TPSA) is 146 Å². The zero-order chi connectivity index (χ0) is 18.2. The minimum atomic E-state index is -3.49. The van der Waals surface area contributed by atoms with E-state index in [-0.39, 0.29) is 16.7 Å². The van der Waals surface area contributed by atoms with Crippen LogP contribution in [0.3, 0.4) is 0 Å². The fourth-order valence-electron chi connectivity index (χ4n) is 2.36. The number of imide groups is 1. The largest absolute Gasteiger partial charge is 0.480 e. The molecule has 2 amide bonds. The number of fused-ring (bicyclic) bond motifs is 1. The number of nitrogens with zero attached hydrogens (tertiary/aromatic N) is 1. The number of carbonyl (C=O) groups excluding carboxylic acids is 2. The monoisotopic (exact) mass is 355 g/mol. The van der Waals surface area contributed by atoms with Crippen LogP contribution in [0, 0.1) is 0 Å². The van der Waals surface area contributed by atoms with Gasteiger partial charge in [-0.05, 0) is 24.6 Å². The molecule has 1 atom stereocenters. The molecule has 1 aliphatic rings. The smallest absolute Gasteiger partial charge is 0.335 e. The molecule has 10 heteroatoms. The van der Waals surface area contributed by atoms with Crippen LogP contribution in [0.25, 0.3) is 0 Å². The SMILES string of the molecule is CS(=O)(=O)CC[C@H](C(=O)O)N1C(=O)c2ccc(C(=O)O)cc2C1=O. The summed E-state index contributed by atoms with van der Waals surface area (Å²) in [5.74, 6) is -5.19. The van der Waals surface area contributed by atoms with Gasteiger partial charge in [0.05, 0.1) is 22.4 Å². The highest BCUT2D eigenvalue weighted by atomic mass is 32.2. The van der Waals surface area contributed by atoms with Gasteiger partial charge in [-0.15, -0.1) is 0 Å². The number of aromatic carboxylic acids is 1. The first kappa shape index (κ1) is 17.6. The van der Waals surface area contributed by atoms with Crippen LogP contribution in [0.5, 0.6) is 0 Å². The number of carboxylic acid groups (broad SMARTS) is 2. The van der Waals surface area contributed by atoms with Crippen molar-refractivity contribution in [1.29, 1.82) is 0 Å². The molecule has 0 fully saturated rings. The molecule has 1 aliphatic heterocycles. The van der Waals surface area contributed by atoms with E-state index < -0.39 is 51.8 Å². The second kappa shape index (κ2) is 6.04. The lowest BCUT2D eigenvalue weighted by molar-refractivity contribution is -0.141. The zero-order valence-corrected chi connectivity index (χ0v) is 13.2. The lowest BCUT2D eigenvalue weighted by Gasteiger charge is -2.22. The third-order valence-electron chi connectivity index (χ3n) is 3.52. The predicted molar refractivity (Wildman–Crippen MR) is 79.7 cm³/mol. The standard InChI is InChI=1S/C14H13NO8S/c1-24(22,23)5-4-10(14(20)21)15-11(16)8-3-2-7(13(18)19)6-9(8)12(15)17/h2-3,6,10H,4-5H2,1H3,(H,18,19)(H,20,21)/t10-/m1/s1. The number of sulfone groups is 1. The van der Waals surface area contributed by atoms with Gasteiger partial charge in [-0.25, -0.2) is 18.0 Å². The van der Waals surface area contributed by atoms with Gasteiger partial charge in [-0.1, -0.05) is 0 Å². The molecule has 128 valence electrons. The molecule has 1 heterocycles. The molecule has 1 aromatic carbocycles. The minimum Gasteiger partial charge on any atom is -0.480 e. The summed E-state index contributed by atoms with van der Waals surface area (Å²) in [7, 11) is -3.49. The number of hydrogen-bond acceptors (Lipinski definition) is 6. The van der Waals surface area contributed by atoms with Crippen LogP contribution >= 0.6 is 0 Å². The van der Waals surface area contributed by atoms with E-state index in [1.165, 1.54) is 0 Å². The number of hydrogen-bond donors (Lipinski definition) is 2. The van der Waals surface area contributed by atoms with Gasteiger partial charge in [0.25, 0.3) is 11.8 Å². The molecular formula is C14H13NO8S. The Morgan fingerprint density at radius 1 is 1.12 bits per heavy atom. The second-order valence-electron chi connectivity index (χ2n) is 5.32. The van der Waals surface area contributed by atoms with E-state index in [0.717, 1.165) is 24.5 Å². The van der Waals surface area contributed by atoms with E-state index in [1.807, 2.05) is 0 Å². The molecule has 9 nitrogen and oxygen atoms in total. The second-order valence-corrected chi connectivity index (χ2v) is 7.58. The van der Waals surface area contributed by atoms with E-state index in [2.05, 4.69) is 0 Å². The Labute approximate surface area is 136 Å². The summed E-state index contributed by atoms with van der Waals surface area (Å²) in [4.78, 5) is 47.5. The van der Waals surface area contributed by atoms with Gasteiger partial charge in [0, 0.05) is 6.26 Å². The van der Waals surface area contributed by atoms with Crippen LogP contribution in [0.2, 0.25) is 0 Å². The van der Waals surface area contributed by atoms with Gasteiger partial charge in [-0.2, -0.15) is 0 Å². The van der Waals surface area contributed by atoms with Gasteiger partial charge < -0.3 is 10.2 Å². The number of carboxylic acids is 2. The highest BCUT2D eigenvalue weighted by Gasteiger charge is 2.43. The van der Waals surface area contributed by atoms with E-state index in [4.69, 9.17) is 5.11 Å². The maximum atomic E-state index is 12.4. The molecule has 1 aromatic rings. The molecule has 0 saturated heterocycles. The van der Waals surface area contributed by atoms with Crippen molar-refractivity contribution in [3.8, 4) is 0 Å². The van der Waals surface area contributed by atoms with Gasteiger partial charge >= 0.3 is 11.9 Å². The Hall–Kier alpha value is -2.75. The fraction of sp³-hybridized carbons (Fsp3) is 0.286. The van der Waals surface area contributed by atoms with Gasteiger partial charge in [0.2, 0.25) is 0 Å². The molecule has 2 rings (SSSR count). The summed E-state index contributed by atoms with van der Waals surface area (Å²) in [6, 6.07) is 1.60. The van der Waals surface area contributed by atoms with Gasteiger partial charge in [-0.3, -0.25) is 14.5 Å². The van der Waals surface area contributed by atoms with Crippen LogP contribution in [0.15, 0.2) is 18.2 Å². The van der Waals surface area contributed by atoms with Crippen molar-refractivity contribution >= 4 is 33.6 Å². The third-order valence-corrected chi connectivity index (χ3v) is 4.50. The van der Waals surface area contributed by atoms with Crippen LogP contribution in [0.4, 0.5) is 0 Å². The summed E-state index contributed by atoms with van der Waals surface area (Å²) >= 11 is 0. The molecule has 0 aromatic heterocycles. The van der Waals surface area contributed by atoms with Gasteiger partial charge in [0.1, 0.15) is 15.9 Å². The van der Waals surface area contributed by atoms with E-state index in [0.29, 0.717) is 4.90 Å². The van der Waals surface area contributed by atoms with Crippen molar-refractivity contribution in [2.75, 3.05) is 12.0 Å². The summed E-state index contributed by atoms with van der Waals surface area (Å²) in [6.45, 7) is 0.